The second-order valence-electron chi connectivity index (χ2n) is 6.95. The molecule has 1 aliphatic rings. The van der Waals surface area contributed by atoms with Crippen LogP contribution >= 0.6 is 31.2 Å². The Bertz CT molecular complexity index is 901. The lowest BCUT2D eigenvalue weighted by Gasteiger charge is -2.30. The van der Waals surface area contributed by atoms with E-state index >= 15 is 0 Å². The summed E-state index contributed by atoms with van der Waals surface area (Å²) in [6.45, 7) is 3.01. The highest BCUT2D eigenvalue weighted by atomic mass is 127. The molecule has 3 aromatic rings. The standard InChI is InChI=1S/C25H24N2OP.HI/c26-20-25(21-27-16-18-28-19-17-27)29(22-10-4-1-5-11-22,23-12-6-2-7-13-23)24-14-8-3-9-15-24;/h1-15,21H,16-19H2;1H/q+1;/b25-21+;. The van der Waals surface area contributed by atoms with E-state index in [2.05, 4.69) is 90.0 Å². The summed E-state index contributed by atoms with van der Waals surface area (Å²) in [7, 11) is -2.31. The summed E-state index contributed by atoms with van der Waals surface area (Å²) in [5.74, 6) is 0. The second-order valence-corrected chi connectivity index (χ2v) is 10.3. The van der Waals surface area contributed by atoms with E-state index in [-0.39, 0.29) is 24.0 Å². The van der Waals surface area contributed by atoms with Gasteiger partial charge in [-0.05, 0) is 36.4 Å². The molecule has 3 aromatic carbocycles. The lowest BCUT2D eigenvalue weighted by atomic mass is 10.3. The van der Waals surface area contributed by atoms with Gasteiger partial charge in [0.15, 0.2) is 7.26 Å². The molecule has 5 heteroatoms. The van der Waals surface area contributed by atoms with Crippen LogP contribution in [0.4, 0.5) is 0 Å². The van der Waals surface area contributed by atoms with E-state index < -0.39 is 7.26 Å². The molecule has 0 saturated carbocycles. The van der Waals surface area contributed by atoms with Crippen LogP contribution < -0.4 is 15.9 Å². The molecule has 0 unspecified atom stereocenters. The normalized spacial score (nSPS) is 14.5. The summed E-state index contributed by atoms with van der Waals surface area (Å²) in [6.07, 6.45) is 2.09. The number of halogens is 1. The molecule has 0 amide bonds. The monoisotopic (exact) mass is 527 g/mol. The molecule has 1 heterocycles. The number of benzene rings is 3. The summed E-state index contributed by atoms with van der Waals surface area (Å²) < 4.78 is 5.51. The van der Waals surface area contributed by atoms with Gasteiger partial charge in [-0.2, -0.15) is 5.26 Å². The number of hydrogen-bond donors (Lipinski definition) is 0. The first kappa shape index (κ1) is 22.5. The Morgan fingerprint density at radius 1 is 0.767 bits per heavy atom. The molecule has 0 bridgehead atoms. The quantitative estimate of drug-likeness (QED) is 0.282. The largest absolute Gasteiger partial charge is 0.378 e. The van der Waals surface area contributed by atoms with Crippen LogP contribution in [0.5, 0.6) is 0 Å². The van der Waals surface area contributed by atoms with E-state index in [9.17, 15) is 5.26 Å². The number of ether oxygens (including phenoxy) is 1. The maximum Gasteiger partial charge on any atom is 0.201 e. The van der Waals surface area contributed by atoms with Gasteiger partial charge in [-0.1, -0.05) is 54.6 Å². The van der Waals surface area contributed by atoms with Gasteiger partial charge < -0.3 is 9.64 Å². The Morgan fingerprint density at radius 2 is 1.17 bits per heavy atom. The summed E-state index contributed by atoms with van der Waals surface area (Å²) in [4.78, 5) is 2.23. The zero-order valence-corrected chi connectivity index (χ0v) is 19.9. The molecule has 3 nitrogen and oxygen atoms in total. The molecule has 4 rings (SSSR count). The van der Waals surface area contributed by atoms with E-state index in [0.29, 0.717) is 13.2 Å². The minimum Gasteiger partial charge on any atom is -0.378 e. The summed E-state index contributed by atoms with van der Waals surface area (Å²) in [6, 6.07) is 34.1. The Morgan fingerprint density at radius 3 is 1.53 bits per heavy atom. The van der Waals surface area contributed by atoms with Gasteiger partial charge in [0, 0.05) is 13.1 Å². The van der Waals surface area contributed by atoms with Crippen LogP contribution in [-0.4, -0.2) is 31.2 Å². The number of nitrogens with zero attached hydrogens (tertiary/aromatic N) is 2. The van der Waals surface area contributed by atoms with Crippen molar-refractivity contribution in [2.45, 2.75) is 0 Å². The number of rotatable bonds is 5. The third-order valence-electron chi connectivity index (χ3n) is 5.26. The van der Waals surface area contributed by atoms with Gasteiger partial charge in [-0.3, -0.25) is 0 Å². The maximum atomic E-state index is 10.4. The summed E-state index contributed by atoms with van der Waals surface area (Å²) in [5.41, 5.74) is 0. The number of morpholine rings is 1. The molecule has 152 valence electrons. The summed E-state index contributed by atoms with van der Waals surface area (Å²) in [5, 5.41) is 14.8. The van der Waals surface area contributed by atoms with Crippen LogP contribution in [0, 0.1) is 11.3 Å². The van der Waals surface area contributed by atoms with Crippen LogP contribution in [-0.2, 0) is 4.74 Å². The predicted octanol–water partition coefficient (Wildman–Crippen LogP) is 4.30. The lowest BCUT2D eigenvalue weighted by Crippen LogP contribution is -2.35. The molecule has 1 fully saturated rings. The fourth-order valence-corrected chi connectivity index (χ4v) is 7.96. The van der Waals surface area contributed by atoms with Crippen molar-refractivity contribution in [1.29, 1.82) is 5.26 Å². The minimum absolute atomic E-state index is 0. The Kier molecular flexibility index (Phi) is 8.04. The molecule has 0 spiro atoms. The van der Waals surface area contributed by atoms with Gasteiger partial charge >= 0.3 is 0 Å². The van der Waals surface area contributed by atoms with Crippen LogP contribution in [0.3, 0.4) is 0 Å². The molecular formula is C25H25IN2OP+. The molecule has 0 atom stereocenters. The van der Waals surface area contributed by atoms with Crippen molar-refractivity contribution in [2.75, 3.05) is 26.3 Å². The highest BCUT2D eigenvalue weighted by molar-refractivity contribution is 14.0. The Balaban J connectivity index is 0.00000256. The lowest BCUT2D eigenvalue weighted by molar-refractivity contribution is 0.0593. The highest BCUT2D eigenvalue weighted by Gasteiger charge is 2.50. The van der Waals surface area contributed by atoms with E-state index in [4.69, 9.17) is 4.74 Å². The average Bonchev–Trinajstić information content (AvgIpc) is 2.82. The first-order valence-corrected chi connectivity index (χ1v) is 11.6. The van der Waals surface area contributed by atoms with E-state index in [1.165, 1.54) is 15.9 Å². The van der Waals surface area contributed by atoms with Gasteiger partial charge in [0.1, 0.15) is 22.0 Å². The predicted molar refractivity (Wildman–Crippen MR) is 137 cm³/mol. The molecule has 1 aliphatic heterocycles. The second kappa shape index (κ2) is 10.7. The van der Waals surface area contributed by atoms with Crippen molar-refractivity contribution in [3.05, 3.63) is 103 Å². The average molecular weight is 527 g/mol. The van der Waals surface area contributed by atoms with Gasteiger partial charge in [0.05, 0.1) is 19.4 Å². The topological polar surface area (TPSA) is 36.3 Å². The van der Waals surface area contributed by atoms with Crippen molar-refractivity contribution in [3.63, 3.8) is 0 Å². The molecule has 0 aliphatic carbocycles. The molecular weight excluding hydrogens is 502 g/mol. The first-order valence-electron chi connectivity index (χ1n) is 9.86. The smallest absolute Gasteiger partial charge is 0.201 e. The number of nitriles is 1. The van der Waals surface area contributed by atoms with Crippen molar-refractivity contribution in [2.24, 2.45) is 0 Å². The SMILES string of the molecule is I.N#C/C(=C\N1CCOCC1)[P+](c1ccccc1)(c1ccccc1)c1ccccc1. The zero-order valence-electron chi connectivity index (χ0n) is 16.7. The van der Waals surface area contributed by atoms with Gasteiger partial charge in [0.2, 0.25) is 5.31 Å². The first-order chi connectivity index (χ1) is 14.4. The summed E-state index contributed by atoms with van der Waals surface area (Å²) >= 11 is 0. The van der Waals surface area contributed by atoms with E-state index in [0.717, 1.165) is 18.4 Å². The van der Waals surface area contributed by atoms with E-state index in [1.807, 2.05) is 18.2 Å². The Hall–Kier alpha value is -2.19. The third kappa shape index (κ3) is 4.44. The van der Waals surface area contributed by atoms with Crippen molar-refractivity contribution < 1.29 is 4.74 Å². The van der Waals surface area contributed by atoms with Crippen molar-refractivity contribution in [1.82, 2.24) is 4.90 Å². The molecule has 0 radical (unpaired) electrons. The number of hydrogen-bond acceptors (Lipinski definition) is 3. The minimum atomic E-state index is -2.31. The molecule has 1 saturated heterocycles. The fourth-order valence-electron chi connectivity index (χ4n) is 3.89. The molecule has 0 N–H and O–H groups in total. The molecule has 0 aromatic heterocycles. The van der Waals surface area contributed by atoms with Gasteiger partial charge in [-0.25, -0.2) is 0 Å². The number of allylic oxidation sites excluding steroid dienone is 1. The zero-order chi connectivity index (χ0) is 19.9. The van der Waals surface area contributed by atoms with Gasteiger partial charge in [0.25, 0.3) is 0 Å². The van der Waals surface area contributed by atoms with Crippen LogP contribution in [0.15, 0.2) is 103 Å². The van der Waals surface area contributed by atoms with Crippen LogP contribution in [0.2, 0.25) is 0 Å². The van der Waals surface area contributed by atoms with E-state index in [1.54, 1.807) is 0 Å². The maximum absolute atomic E-state index is 10.4. The highest BCUT2D eigenvalue weighted by Crippen LogP contribution is 2.62. The van der Waals surface area contributed by atoms with Gasteiger partial charge in [-0.15, -0.1) is 24.0 Å². The van der Waals surface area contributed by atoms with Crippen molar-refractivity contribution in [3.8, 4) is 6.07 Å². The third-order valence-corrected chi connectivity index (χ3v) is 9.41. The Labute approximate surface area is 196 Å². The molecule has 30 heavy (non-hydrogen) atoms. The van der Waals surface area contributed by atoms with Crippen LogP contribution in [0.1, 0.15) is 0 Å². The fraction of sp³-hybridized carbons (Fsp3) is 0.160. The van der Waals surface area contributed by atoms with Crippen molar-refractivity contribution >= 4 is 47.2 Å². The van der Waals surface area contributed by atoms with Crippen LogP contribution in [0.25, 0.3) is 0 Å².